The largest absolute Gasteiger partial charge is 0.493 e. The summed E-state index contributed by atoms with van der Waals surface area (Å²) in [6.45, 7) is 0.171. The van der Waals surface area contributed by atoms with Gasteiger partial charge in [-0.1, -0.05) is 23.7 Å². The number of rotatable bonds is 4. The molecule has 3 aromatic rings. The molecule has 1 aliphatic rings. The van der Waals surface area contributed by atoms with Gasteiger partial charge in [0.15, 0.2) is 34.5 Å². The third-order valence-corrected chi connectivity index (χ3v) is 4.96. The zero-order valence-corrected chi connectivity index (χ0v) is 18.8. The summed E-state index contributed by atoms with van der Waals surface area (Å²) < 4.78 is 32.4. The fourth-order valence-electron chi connectivity index (χ4n) is 3.26. The fourth-order valence-corrected chi connectivity index (χ4v) is 3.26. The highest BCUT2D eigenvalue weighted by Gasteiger charge is 2.16. The molecule has 0 saturated carbocycles. The molecule has 166 valence electrons. The van der Waals surface area contributed by atoms with Crippen LogP contribution in [-0.4, -0.2) is 35.2 Å². The molecule has 6 nitrogen and oxygen atoms in total. The van der Waals surface area contributed by atoms with Crippen LogP contribution in [0.15, 0.2) is 48.5 Å². The van der Waals surface area contributed by atoms with Crippen LogP contribution in [0.25, 0.3) is 0 Å². The highest BCUT2D eigenvalue weighted by atomic mass is 16.7. The van der Waals surface area contributed by atoms with Gasteiger partial charge in [-0.05, 0) is 36.4 Å². The van der Waals surface area contributed by atoms with Gasteiger partial charge in [0.1, 0.15) is 0 Å². The second kappa shape index (κ2) is 9.80. The number of fused-ring (bicyclic) bond motifs is 1. The molecule has 0 aliphatic carbocycles. The number of hydrogen-bond acceptors (Lipinski definition) is 6. The Morgan fingerprint density at radius 1 is 0.545 bits per heavy atom. The molecule has 0 unspecified atom stereocenters. The van der Waals surface area contributed by atoms with Gasteiger partial charge in [-0.25, -0.2) is 0 Å². The van der Waals surface area contributed by atoms with E-state index in [1.165, 1.54) is 0 Å². The first-order chi connectivity index (χ1) is 16.1. The summed E-state index contributed by atoms with van der Waals surface area (Å²) >= 11 is 0. The standard InChI is InChI=1S/C27H22O6/c1-28-22-11-7-18(13-24(22)30-3)5-9-20-15-26-27(33-17-32-26)16-21(20)10-6-19-8-12-23(29-2)25(14-19)31-4/h7-8,11-16H,17H2,1-4H3. The molecule has 0 spiro atoms. The summed E-state index contributed by atoms with van der Waals surface area (Å²) in [6.07, 6.45) is 0. The Morgan fingerprint density at radius 2 is 0.970 bits per heavy atom. The van der Waals surface area contributed by atoms with Crippen molar-refractivity contribution in [1.82, 2.24) is 0 Å². The Balaban J connectivity index is 1.72. The molecule has 0 bridgehead atoms. The Labute approximate surface area is 193 Å². The van der Waals surface area contributed by atoms with Crippen LogP contribution in [0.5, 0.6) is 34.5 Å². The molecule has 0 aromatic heterocycles. The molecular weight excluding hydrogens is 420 g/mol. The number of benzene rings is 3. The zero-order valence-electron chi connectivity index (χ0n) is 18.8. The summed E-state index contributed by atoms with van der Waals surface area (Å²) in [5, 5.41) is 0. The first-order valence-electron chi connectivity index (χ1n) is 10.1. The van der Waals surface area contributed by atoms with E-state index in [1.807, 2.05) is 48.5 Å². The Kier molecular flexibility index (Phi) is 6.48. The van der Waals surface area contributed by atoms with Crippen LogP contribution < -0.4 is 28.4 Å². The first-order valence-corrected chi connectivity index (χ1v) is 10.1. The monoisotopic (exact) mass is 442 g/mol. The van der Waals surface area contributed by atoms with Crippen LogP contribution in [0.1, 0.15) is 22.3 Å². The van der Waals surface area contributed by atoms with E-state index < -0.39 is 0 Å². The van der Waals surface area contributed by atoms with Crippen LogP contribution in [0, 0.1) is 23.7 Å². The summed E-state index contributed by atoms with van der Waals surface area (Å²) in [5.41, 5.74) is 3.01. The second-order valence-electron chi connectivity index (χ2n) is 6.89. The van der Waals surface area contributed by atoms with Gasteiger partial charge in [-0.2, -0.15) is 0 Å². The maximum absolute atomic E-state index is 5.53. The summed E-state index contributed by atoms with van der Waals surface area (Å²) in [5.74, 6) is 16.5. The Morgan fingerprint density at radius 3 is 1.36 bits per heavy atom. The normalized spacial score (nSPS) is 10.9. The van der Waals surface area contributed by atoms with Gasteiger partial charge in [0, 0.05) is 34.4 Å². The average Bonchev–Trinajstić information content (AvgIpc) is 3.32. The van der Waals surface area contributed by atoms with E-state index in [0.717, 1.165) is 22.3 Å². The van der Waals surface area contributed by atoms with E-state index in [2.05, 4.69) is 23.7 Å². The molecule has 0 N–H and O–H groups in total. The zero-order chi connectivity index (χ0) is 23.2. The van der Waals surface area contributed by atoms with E-state index in [-0.39, 0.29) is 6.79 Å². The Bertz CT molecular complexity index is 1200. The van der Waals surface area contributed by atoms with E-state index in [0.29, 0.717) is 34.5 Å². The van der Waals surface area contributed by atoms with Crippen LogP contribution in [0.2, 0.25) is 0 Å². The summed E-state index contributed by atoms with van der Waals surface area (Å²) in [4.78, 5) is 0. The van der Waals surface area contributed by atoms with Crippen molar-refractivity contribution in [3.8, 4) is 58.2 Å². The smallest absolute Gasteiger partial charge is 0.231 e. The maximum Gasteiger partial charge on any atom is 0.231 e. The molecule has 1 heterocycles. The fraction of sp³-hybridized carbons (Fsp3) is 0.185. The van der Waals surface area contributed by atoms with Crippen molar-refractivity contribution in [3.63, 3.8) is 0 Å². The summed E-state index contributed by atoms with van der Waals surface area (Å²) in [7, 11) is 6.38. The quantitative estimate of drug-likeness (QED) is 0.563. The lowest BCUT2D eigenvalue weighted by atomic mass is 10.1. The van der Waals surface area contributed by atoms with Gasteiger partial charge in [-0.3, -0.25) is 0 Å². The molecule has 3 aromatic carbocycles. The minimum atomic E-state index is 0.171. The molecule has 0 amide bonds. The Hall–Kier alpha value is -4.42. The lowest BCUT2D eigenvalue weighted by Crippen LogP contribution is -1.92. The van der Waals surface area contributed by atoms with Crippen molar-refractivity contribution in [2.45, 2.75) is 0 Å². The molecule has 0 fully saturated rings. The highest BCUT2D eigenvalue weighted by molar-refractivity contribution is 5.62. The van der Waals surface area contributed by atoms with Crippen molar-refractivity contribution in [1.29, 1.82) is 0 Å². The minimum absolute atomic E-state index is 0.171. The van der Waals surface area contributed by atoms with Crippen LogP contribution in [0.3, 0.4) is 0 Å². The SMILES string of the molecule is COc1ccc(C#Cc2cc3c(cc2C#Cc2ccc(OC)c(OC)c2)OCO3)cc1OC. The van der Waals surface area contributed by atoms with Crippen molar-refractivity contribution in [2.24, 2.45) is 0 Å². The highest BCUT2D eigenvalue weighted by Crippen LogP contribution is 2.35. The minimum Gasteiger partial charge on any atom is -0.493 e. The molecule has 4 rings (SSSR count). The van der Waals surface area contributed by atoms with Gasteiger partial charge in [0.25, 0.3) is 0 Å². The predicted molar refractivity (Wildman–Crippen MR) is 124 cm³/mol. The van der Waals surface area contributed by atoms with Crippen LogP contribution >= 0.6 is 0 Å². The molecule has 0 atom stereocenters. The van der Waals surface area contributed by atoms with Crippen LogP contribution in [0.4, 0.5) is 0 Å². The van der Waals surface area contributed by atoms with E-state index >= 15 is 0 Å². The van der Waals surface area contributed by atoms with Gasteiger partial charge in [0.05, 0.1) is 28.4 Å². The van der Waals surface area contributed by atoms with Gasteiger partial charge >= 0.3 is 0 Å². The molecule has 0 radical (unpaired) electrons. The maximum atomic E-state index is 5.53. The molecular formula is C27H22O6. The van der Waals surface area contributed by atoms with Crippen molar-refractivity contribution in [2.75, 3.05) is 35.2 Å². The molecule has 33 heavy (non-hydrogen) atoms. The summed E-state index contributed by atoms with van der Waals surface area (Å²) in [6, 6.07) is 14.7. The second-order valence-corrected chi connectivity index (χ2v) is 6.89. The van der Waals surface area contributed by atoms with Crippen molar-refractivity contribution < 1.29 is 28.4 Å². The van der Waals surface area contributed by atoms with Gasteiger partial charge in [0.2, 0.25) is 6.79 Å². The topological polar surface area (TPSA) is 55.4 Å². The van der Waals surface area contributed by atoms with Gasteiger partial charge in [-0.15, -0.1) is 0 Å². The third-order valence-electron chi connectivity index (χ3n) is 4.96. The third kappa shape index (κ3) is 4.76. The molecule has 1 aliphatic heterocycles. The predicted octanol–water partition coefficient (Wildman–Crippen LogP) is 4.25. The number of hydrogen-bond donors (Lipinski definition) is 0. The van der Waals surface area contributed by atoms with E-state index in [9.17, 15) is 0 Å². The van der Waals surface area contributed by atoms with Crippen molar-refractivity contribution >= 4 is 0 Å². The number of methoxy groups -OCH3 is 4. The number of ether oxygens (including phenoxy) is 6. The average molecular weight is 442 g/mol. The van der Waals surface area contributed by atoms with E-state index in [1.54, 1.807) is 28.4 Å². The van der Waals surface area contributed by atoms with Gasteiger partial charge < -0.3 is 28.4 Å². The molecule has 6 heteroatoms. The lowest BCUT2D eigenvalue weighted by molar-refractivity contribution is 0.174. The first kappa shape index (κ1) is 21.8. The van der Waals surface area contributed by atoms with Crippen LogP contribution in [-0.2, 0) is 0 Å². The molecule has 0 saturated heterocycles. The lowest BCUT2D eigenvalue weighted by Gasteiger charge is -2.07. The van der Waals surface area contributed by atoms with E-state index in [4.69, 9.17) is 28.4 Å². The van der Waals surface area contributed by atoms with Crippen molar-refractivity contribution in [3.05, 3.63) is 70.8 Å².